The predicted molar refractivity (Wildman–Crippen MR) is 46.5 cm³/mol. The SMILES string of the molecule is CC1COC(=O)C1OC(=O)C(F)(F)S(=O)(=O)O. The molecule has 0 bridgehead atoms. The third-order valence-corrected chi connectivity index (χ3v) is 2.85. The summed E-state index contributed by atoms with van der Waals surface area (Å²) >= 11 is 0. The first-order valence-corrected chi connectivity index (χ1v) is 5.74. The van der Waals surface area contributed by atoms with Crippen LogP contribution in [0.4, 0.5) is 8.78 Å². The van der Waals surface area contributed by atoms with Crippen molar-refractivity contribution in [1.29, 1.82) is 0 Å². The number of halogens is 2. The number of ether oxygens (including phenoxy) is 2. The number of alkyl halides is 2. The van der Waals surface area contributed by atoms with E-state index in [1.807, 2.05) is 0 Å². The summed E-state index contributed by atoms with van der Waals surface area (Å²) in [6, 6.07) is 0. The number of hydrogen-bond donors (Lipinski definition) is 1. The number of rotatable bonds is 3. The maximum Gasteiger partial charge on any atom is 0.465 e. The molecule has 1 aliphatic rings. The van der Waals surface area contributed by atoms with Crippen molar-refractivity contribution in [2.24, 2.45) is 5.92 Å². The maximum absolute atomic E-state index is 12.8. The zero-order chi connectivity index (χ0) is 13.4. The number of esters is 2. The predicted octanol–water partition coefficient (Wildman–Crippen LogP) is -0.428. The minimum atomic E-state index is -5.94. The highest BCUT2D eigenvalue weighted by atomic mass is 32.2. The van der Waals surface area contributed by atoms with Gasteiger partial charge in [0.15, 0.2) is 0 Å². The standard InChI is InChI=1S/C7H8F2O7S/c1-3-2-15-5(10)4(3)16-6(11)7(8,9)17(12,13)14/h3-4H,2H2,1H3,(H,12,13,14). The summed E-state index contributed by atoms with van der Waals surface area (Å²) < 4.78 is 62.5. The van der Waals surface area contributed by atoms with E-state index in [9.17, 15) is 26.8 Å². The average Bonchev–Trinajstić information content (AvgIpc) is 2.47. The molecule has 1 rings (SSSR count). The number of carbonyl (C=O) groups is 2. The summed E-state index contributed by atoms with van der Waals surface area (Å²) in [5.74, 6) is -4.24. The van der Waals surface area contributed by atoms with Crippen molar-refractivity contribution in [1.82, 2.24) is 0 Å². The Bertz CT molecular complexity index is 443. The van der Waals surface area contributed by atoms with Crippen molar-refractivity contribution < 1.29 is 40.8 Å². The minimum Gasteiger partial charge on any atom is -0.462 e. The van der Waals surface area contributed by atoms with E-state index in [-0.39, 0.29) is 6.61 Å². The van der Waals surface area contributed by atoms with Crippen LogP contribution in [-0.4, -0.2) is 42.9 Å². The largest absolute Gasteiger partial charge is 0.465 e. The summed E-state index contributed by atoms with van der Waals surface area (Å²) in [4.78, 5) is 21.8. The van der Waals surface area contributed by atoms with E-state index in [4.69, 9.17) is 4.55 Å². The molecule has 0 aromatic rings. The molecular formula is C7H8F2O7S. The third kappa shape index (κ3) is 2.52. The van der Waals surface area contributed by atoms with Crippen molar-refractivity contribution in [2.45, 2.75) is 18.3 Å². The number of hydrogen-bond acceptors (Lipinski definition) is 6. The Morgan fingerprint density at radius 3 is 2.47 bits per heavy atom. The fraction of sp³-hybridized carbons (Fsp3) is 0.714. The molecular weight excluding hydrogens is 266 g/mol. The van der Waals surface area contributed by atoms with Gasteiger partial charge in [0.05, 0.1) is 6.61 Å². The monoisotopic (exact) mass is 274 g/mol. The molecule has 0 aliphatic carbocycles. The lowest BCUT2D eigenvalue weighted by Gasteiger charge is -2.16. The molecule has 1 fully saturated rings. The van der Waals surface area contributed by atoms with Crippen LogP contribution in [0, 0.1) is 5.92 Å². The fourth-order valence-corrected chi connectivity index (χ4v) is 1.33. The van der Waals surface area contributed by atoms with Crippen LogP contribution >= 0.6 is 0 Å². The molecule has 2 atom stereocenters. The van der Waals surface area contributed by atoms with Crippen molar-refractivity contribution in [3.63, 3.8) is 0 Å². The number of cyclic esters (lactones) is 1. The Balaban J connectivity index is 2.83. The molecule has 17 heavy (non-hydrogen) atoms. The van der Waals surface area contributed by atoms with Gasteiger partial charge in [0, 0.05) is 5.92 Å². The average molecular weight is 274 g/mol. The fourth-order valence-electron chi connectivity index (χ4n) is 1.07. The van der Waals surface area contributed by atoms with Gasteiger partial charge < -0.3 is 9.47 Å². The van der Waals surface area contributed by atoms with Gasteiger partial charge in [-0.05, 0) is 0 Å². The van der Waals surface area contributed by atoms with Crippen LogP contribution in [0.2, 0.25) is 0 Å². The van der Waals surface area contributed by atoms with Gasteiger partial charge in [0.2, 0.25) is 6.10 Å². The first-order valence-electron chi connectivity index (χ1n) is 4.30. The van der Waals surface area contributed by atoms with E-state index < -0.39 is 39.3 Å². The highest BCUT2D eigenvalue weighted by molar-refractivity contribution is 7.87. The van der Waals surface area contributed by atoms with Gasteiger partial charge >= 0.3 is 27.3 Å². The summed E-state index contributed by atoms with van der Waals surface area (Å²) in [6.45, 7) is 1.25. The molecule has 1 aliphatic heterocycles. The van der Waals surface area contributed by atoms with Crippen molar-refractivity contribution >= 4 is 22.1 Å². The van der Waals surface area contributed by atoms with Crippen LogP contribution in [0.3, 0.4) is 0 Å². The molecule has 1 saturated heterocycles. The van der Waals surface area contributed by atoms with Crippen LogP contribution in [0.25, 0.3) is 0 Å². The highest BCUT2D eigenvalue weighted by Gasteiger charge is 2.56. The summed E-state index contributed by atoms with van der Waals surface area (Å²) in [5, 5.41) is -5.12. The topological polar surface area (TPSA) is 107 Å². The van der Waals surface area contributed by atoms with E-state index in [1.165, 1.54) is 6.92 Å². The molecule has 0 aromatic carbocycles. The van der Waals surface area contributed by atoms with E-state index in [0.717, 1.165) is 0 Å². The second-order valence-corrected chi connectivity index (χ2v) is 4.89. The molecule has 98 valence electrons. The Morgan fingerprint density at radius 1 is 1.59 bits per heavy atom. The molecule has 0 aromatic heterocycles. The van der Waals surface area contributed by atoms with Gasteiger partial charge in [-0.3, -0.25) is 4.55 Å². The van der Waals surface area contributed by atoms with Gasteiger partial charge in [-0.2, -0.15) is 17.2 Å². The van der Waals surface area contributed by atoms with Crippen LogP contribution in [0.15, 0.2) is 0 Å². The Labute approximate surface area is 94.4 Å². The van der Waals surface area contributed by atoms with Crippen molar-refractivity contribution in [3.8, 4) is 0 Å². The normalized spacial score (nSPS) is 25.5. The molecule has 2 unspecified atom stereocenters. The first kappa shape index (κ1) is 13.8. The van der Waals surface area contributed by atoms with Gasteiger partial charge in [-0.25, -0.2) is 9.59 Å². The molecule has 0 saturated carbocycles. The van der Waals surface area contributed by atoms with Crippen LogP contribution < -0.4 is 0 Å². The van der Waals surface area contributed by atoms with E-state index in [1.54, 1.807) is 0 Å². The molecule has 0 radical (unpaired) electrons. The maximum atomic E-state index is 12.8. The van der Waals surface area contributed by atoms with Gasteiger partial charge in [0.1, 0.15) is 0 Å². The zero-order valence-corrected chi connectivity index (χ0v) is 9.24. The lowest BCUT2D eigenvalue weighted by molar-refractivity contribution is -0.173. The zero-order valence-electron chi connectivity index (χ0n) is 8.42. The third-order valence-electron chi connectivity index (χ3n) is 2.03. The summed E-state index contributed by atoms with van der Waals surface area (Å²) in [5.41, 5.74) is 0. The molecule has 0 amide bonds. The molecule has 0 spiro atoms. The van der Waals surface area contributed by atoms with E-state index in [2.05, 4.69) is 9.47 Å². The van der Waals surface area contributed by atoms with Gasteiger partial charge in [0.25, 0.3) is 0 Å². The summed E-state index contributed by atoms with van der Waals surface area (Å²) in [7, 11) is -5.94. The molecule has 10 heteroatoms. The summed E-state index contributed by atoms with van der Waals surface area (Å²) in [6.07, 6.45) is -1.60. The molecule has 1 N–H and O–H groups in total. The van der Waals surface area contributed by atoms with Gasteiger partial charge in [-0.15, -0.1) is 0 Å². The first-order chi connectivity index (χ1) is 7.57. The van der Waals surface area contributed by atoms with Crippen LogP contribution in [0.1, 0.15) is 6.92 Å². The minimum absolute atomic E-state index is 0.131. The quantitative estimate of drug-likeness (QED) is 0.549. The van der Waals surface area contributed by atoms with Crippen LogP contribution in [-0.2, 0) is 29.2 Å². The second kappa shape index (κ2) is 4.18. The lowest BCUT2D eigenvalue weighted by Crippen LogP contribution is -2.42. The lowest BCUT2D eigenvalue weighted by atomic mass is 10.1. The number of carbonyl (C=O) groups excluding carboxylic acids is 2. The highest BCUT2D eigenvalue weighted by Crippen LogP contribution is 2.26. The Kier molecular flexibility index (Phi) is 3.39. The second-order valence-electron chi connectivity index (χ2n) is 3.43. The smallest absolute Gasteiger partial charge is 0.462 e. The molecule has 7 nitrogen and oxygen atoms in total. The van der Waals surface area contributed by atoms with Crippen molar-refractivity contribution in [3.05, 3.63) is 0 Å². The van der Waals surface area contributed by atoms with Crippen LogP contribution in [0.5, 0.6) is 0 Å². The van der Waals surface area contributed by atoms with E-state index >= 15 is 0 Å². The van der Waals surface area contributed by atoms with Gasteiger partial charge in [-0.1, -0.05) is 6.92 Å². The van der Waals surface area contributed by atoms with E-state index in [0.29, 0.717) is 0 Å². The Hall–Kier alpha value is -1.29. The Morgan fingerprint density at radius 2 is 2.12 bits per heavy atom. The molecule has 1 heterocycles. The van der Waals surface area contributed by atoms with Crippen molar-refractivity contribution in [2.75, 3.05) is 6.61 Å².